The van der Waals surface area contributed by atoms with Gasteiger partial charge in [0.05, 0.1) is 24.2 Å². The third kappa shape index (κ3) is 3.15. The fourth-order valence-electron chi connectivity index (χ4n) is 2.40. The molecule has 2 aromatic rings. The molecular weight excluding hydrogens is 304 g/mol. The van der Waals surface area contributed by atoms with Crippen molar-refractivity contribution in [3.05, 3.63) is 40.8 Å². The molecule has 0 bridgehead atoms. The van der Waals surface area contributed by atoms with Crippen LogP contribution in [0, 0.1) is 20.8 Å². The Labute approximate surface area is 130 Å². The number of aryl methyl sites for hydroxylation is 3. The quantitative estimate of drug-likeness (QED) is 0.844. The Bertz CT molecular complexity index is 758. The summed E-state index contributed by atoms with van der Waals surface area (Å²) in [4.78, 5) is 0.302. The molecular formula is C15H20N2O4S. The molecule has 0 radical (unpaired) electrons. The Morgan fingerprint density at radius 1 is 1.18 bits per heavy atom. The van der Waals surface area contributed by atoms with Crippen molar-refractivity contribution in [3.8, 4) is 5.75 Å². The number of hydrogen-bond acceptors (Lipinski definition) is 5. The zero-order valence-corrected chi connectivity index (χ0v) is 14.2. The van der Waals surface area contributed by atoms with Crippen LogP contribution in [0.15, 0.2) is 27.6 Å². The first-order chi connectivity index (χ1) is 10.3. The van der Waals surface area contributed by atoms with Gasteiger partial charge in [0, 0.05) is 13.1 Å². The lowest BCUT2D eigenvalue weighted by Crippen LogP contribution is -2.28. The van der Waals surface area contributed by atoms with E-state index < -0.39 is 10.0 Å². The molecule has 0 saturated heterocycles. The fourth-order valence-corrected chi connectivity index (χ4v) is 3.94. The van der Waals surface area contributed by atoms with Gasteiger partial charge in [-0.25, -0.2) is 8.42 Å². The van der Waals surface area contributed by atoms with E-state index in [4.69, 9.17) is 9.26 Å². The van der Waals surface area contributed by atoms with Crippen LogP contribution in [-0.4, -0.2) is 32.0 Å². The Morgan fingerprint density at radius 3 is 2.23 bits per heavy atom. The molecule has 0 fully saturated rings. The van der Waals surface area contributed by atoms with E-state index >= 15 is 0 Å². The molecule has 7 heteroatoms. The van der Waals surface area contributed by atoms with Gasteiger partial charge in [-0.3, -0.25) is 0 Å². The van der Waals surface area contributed by atoms with E-state index in [0.717, 1.165) is 0 Å². The van der Waals surface area contributed by atoms with E-state index in [1.807, 2.05) is 0 Å². The van der Waals surface area contributed by atoms with Gasteiger partial charge in [0.2, 0.25) is 10.0 Å². The van der Waals surface area contributed by atoms with Crippen molar-refractivity contribution < 1.29 is 17.7 Å². The molecule has 120 valence electrons. The average Bonchev–Trinajstić information content (AvgIpc) is 2.82. The fraction of sp³-hybridized carbons (Fsp3) is 0.400. The maximum Gasteiger partial charge on any atom is 0.243 e. The first kappa shape index (κ1) is 16.5. The average molecular weight is 324 g/mol. The van der Waals surface area contributed by atoms with Crippen LogP contribution in [0.1, 0.15) is 22.6 Å². The smallest absolute Gasteiger partial charge is 0.243 e. The van der Waals surface area contributed by atoms with Gasteiger partial charge < -0.3 is 9.26 Å². The van der Waals surface area contributed by atoms with E-state index in [-0.39, 0.29) is 6.54 Å². The molecule has 0 aliphatic carbocycles. The van der Waals surface area contributed by atoms with Crippen molar-refractivity contribution in [2.24, 2.45) is 0 Å². The van der Waals surface area contributed by atoms with Gasteiger partial charge >= 0.3 is 0 Å². The van der Waals surface area contributed by atoms with Gasteiger partial charge in [-0.2, -0.15) is 4.31 Å². The third-order valence-corrected chi connectivity index (χ3v) is 5.51. The number of methoxy groups -OCH3 is 1. The second kappa shape index (κ2) is 6.10. The molecule has 0 spiro atoms. The van der Waals surface area contributed by atoms with Crippen LogP contribution in [0.25, 0.3) is 0 Å². The first-order valence-corrected chi connectivity index (χ1v) is 8.23. The molecule has 22 heavy (non-hydrogen) atoms. The molecule has 0 saturated carbocycles. The molecule has 1 aromatic carbocycles. The lowest BCUT2D eigenvalue weighted by atomic mass is 10.1. The van der Waals surface area contributed by atoms with E-state index in [0.29, 0.717) is 33.2 Å². The van der Waals surface area contributed by atoms with E-state index in [2.05, 4.69) is 5.16 Å². The SMILES string of the molecule is COc1cc(C)c(S(=O)(=O)N(C)Cc2cc(C)on2)c(C)c1. The summed E-state index contributed by atoms with van der Waals surface area (Å²) in [5.74, 6) is 1.29. The minimum absolute atomic E-state index is 0.157. The molecule has 0 unspecified atom stereocenters. The van der Waals surface area contributed by atoms with Gasteiger partial charge in [0.1, 0.15) is 11.5 Å². The molecule has 1 heterocycles. The highest BCUT2D eigenvalue weighted by molar-refractivity contribution is 7.89. The van der Waals surface area contributed by atoms with Crippen molar-refractivity contribution >= 4 is 10.0 Å². The summed E-state index contributed by atoms with van der Waals surface area (Å²) in [6.07, 6.45) is 0. The second-order valence-corrected chi connectivity index (χ2v) is 7.26. The highest BCUT2D eigenvalue weighted by atomic mass is 32.2. The number of sulfonamides is 1. The summed E-state index contributed by atoms with van der Waals surface area (Å²) >= 11 is 0. The summed E-state index contributed by atoms with van der Waals surface area (Å²) in [5, 5.41) is 3.83. The number of aromatic nitrogens is 1. The van der Waals surface area contributed by atoms with Gasteiger partial charge in [-0.1, -0.05) is 5.16 Å². The van der Waals surface area contributed by atoms with E-state index in [9.17, 15) is 8.42 Å². The second-order valence-electron chi connectivity index (χ2n) is 5.28. The topological polar surface area (TPSA) is 72.6 Å². The minimum atomic E-state index is -3.62. The van der Waals surface area contributed by atoms with E-state index in [1.165, 1.54) is 11.4 Å². The molecule has 6 nitrogen and oxygen atoms in total. The summed E-state index contributed by atoms with van der Waals surface area (Å²) in [6, 6.07) is 5.15. The molecule has 2 rings (SSSR count). The zero-order chi connectivity index (χ0) is 16.5. The number of benzene rings is 1. The number of ether oxygens (including phenoxy) is 1. The van der Waals surface area contributed by atoms with Crippen LogP contribution in [0.3, 0.4) is 0 Å². The predicted molar refractivity (Wildman–Crippen MR) is 82.4 cm³/mol. The van der Waals surface area contributed by atoms with Crippen LogP contribution in [0.2, 0.25) is 0 Å². The van der Waals surface area contributed by atoms with Crippen LogP contribution in [0.5, 0.6) is 5.75 Å². The van der Waals surface area contributed by atoms with Gasteiger partial charge in [-0.15, -0.1) is 0 Å². The molecule has 0 atom stereocenters. The summed E-state index contributed by atoms with van der Waals surface area (Å²) < 4.78 is 37.0. The number of nitrogens with zero attached hydrogens (tertiary/aromatic N) is 2. The minimum Gasteiger partial charge on any atom is -0.497 e. The third-order valence-electron chi connectivity index (χ3n) is 3.40. The number of rotatable bonds is 5. The molecule has 1 aromatic heterocycles. The van der Waals surface area contributed by atoms with Crippen molar-refractivity contribution in [2.75, 3.05) is 14.2 Å². The highest BCUT2D eigenvalue weighted by Gasteiger charge is 2.26. The standard InChI is InChI=1S/C15H20N2O4S/c1-10-6-14(20-5)7-11(2)15(10)22(18,19)17(4)9-13-8-12(3)21-16-13/h6-8H,9H2,1-5H3. The van der Waals surface area contributed by atoms with Crippen LogP contribution in [0.4, 0.5) is 0 Å². The van der Waals surface area contributed by atoms with Gasteiger partial charge in [0.15, 0.2) is 0 Å². The van der Waals surface area contributed by atoms with Crippen molar-refractivity contribution in [1.82, 2.24) is 9.46 Å². The molecule has 0 N–H and O–H groups in total. The monoisotopic (exact) mass is 324 g/mol. The Hall–Kier alpha value is -1.86. The molecule has 0 aliphatic rings. The Morgan fingerprint density at radius 2 is 1.77 bits per heavy atom. The Balaban J connectivity index is 2.37. The predicted octanol–water partition coefficient (Wildman–Crippen LogP) is 2.43. The van der Waals surface area contributed by atoms with Gasteiger partial charge in [-0.05, 0) is 44.0 Å². The zero-order valence-electron chi connectivity index (χ0n) is 13.4. The highest BCUT2D eigenvalue weighted by Crippen LogP contribution is 2.28. The normalized spacial score (nSPS) is 11.9. The van der Waals surface area contributed by atoms with Crippen LogP contribution >= 0.6 is 0 Å². The molecule has 0 aliphatic heterocycles. The summed E-state index contributed by atoms with van der Waals surface area (Å²) in [6.45, 7) is 5.44. The van der Waals surface area contributed by atoms with Crippen LogP contribution in [-0.2, 0) is 16.6 Å². The van der Waals surface area contributed by atoms with Crippen molar-refractivity contribution in [1.29, 1.82) is 0 Å². The van der Waals surface area contributed by atoms with Crippen LogP contribution < -0.4 is 4.74 Å². The summed E-state index contributed by atoms with van der Waals surface area (Å²) in [7, 11) is -0.531. The first-order valence-electron chi connectivity index (χ1n) is 6.79. The lowest BCUT2D eigenvalue weighted by molar-refractivity contribution is 0.378. The molecule has 0 amide bonds. The lowest BCUT2D eigenvalue weighted by Gasteiger charge is -2.19. The Kier molecular flexibility index (Phi) is 4.58. The largest absolute Gasteiger partial charge is 0.497 e. The van der Waals surface area contributed by atoms with Gasteiger partial charge in [0.25, 0.3) is 0 Å². The maximum absolute atomic E-state index is 12.8. The number of hydrogen-bond donors (Lipinski definition) is 0. The maximum atomic E-state index is 12.8. The van der Waals surface area contributed by atoms with E-state index in [1.54, 1.807) is 46.1 Å². The van der Waals surface area contributed by atoms with Crippen molar-refractivity contribution in [3.63, 3.8) is 0 Å². The van der Waals surface area contributed by atoms with Crippen molar-refractivity contribution in [2.45, 2.75) is 32.2 Å². The summed E-state index contributed by atoms with van der Waals surface area (Å²) in [5.41, 5.74) is 1.88.